The molecule has 0 radical (unpaired) electrons. The fourth-order valence-corrected chi connectivity index (χ4v) is 4.58. The zero-order valence-corrected chi connectivity index (χ0v) is 17.0. The molecular weight excluding hydrogens is 419 g/mol. The number of benzene rings is 1. The van der Waals surface area contributed by atoms with Crippen LogP contribution in [0.5, 0.6) is 0 Å². The van der Waals surface area contributed by atoms with Crippen LogP contribution in [-0.4, -0.2) is 54.1 Å². The minimum atomic E-state index is -4.99. The fourth-order valence-electron chi connectivity index (χ4n) is 4.58. The van der Waals surface area contributed by atoms with E-state index in [0.29, 0.717) is 12.3 Å². The van der Waals surface area contributed by atoms with Gasteiger partial charge in [-0.2, -0.15) is 18.3 Å². The molecule has 3 aliphatic heterocycles. The number of carbonyl (C=O) groups is 1. The molecule has 3 heterocycles. The van der Waals surface area contributed by atoms with E-state index in [0.717, 1.165) is 30.9 Å². The van der Waals surface area contributed by atoms with Crippen molar-refractivity contribution in [3.05, 3.63) is 46.7 Å². The van der Waals surface area contributed by atoms with Gasteiger partial charge in [0.2, 0.25) is 0 Å². The van der Waals surface area contributed by atoms with Crippen LogP contribution < -0.4 is 5.43 Å². The van der Waals surface area contributed by atoms with E-state index in [1.165, 1.54) is 0 Å². The summed E-state index contributed by atoms with van der Waals surface area (Å²) in [7, 11) is 0. The number of fused-ring (bicyclic) bond motifs is 1. The quantitative estimate of drug-likeness (QED) is 0.730. The first kappa shape index (κ1) is 21.7. The average molecular weight is 442 g/mol. The van der Waals surface area contributed by atoms with Gasteiger partial charge in [0.25, 0.3) is 5.91 Å². The lowest BCUT2D eigenvalue weighted by atomic mass is 9.85. The number of nitrogens with zero attached hydrogens (tertiary/aromatic N) is 3. The van der Waals surface area contributed by atoms with Crippen LogP contribution in [0.2, 0.25) is 0 Å². The smallest absolute Gasteiger partial charge is 0.337 e. The highest BCUT2D eigenvalue weighted by Gasteiger charge is 2.41. The van der Waals surface area contributed by atoms with E-state index < -0.39 is 29.3 Å². The van der Waals surface area contributed by atoms with E-state index in [1.54, 1.807) is 4.90 Å². The Morgan fingerprint density at radius 2 is 1.94 bits per heavy atom. The summed E-state index contributed by atoms with van der Waals surface area (Å²) in [5.74, 6) is -4.37. The highest BCUT2D eigenvalue weighted by atomic mass is 19.4. The monoisotopic (exact) mass is 442 g/mol. The van der Waals surface area contributed by atoms with Gasteiger partial charge in [-0.05, 0) is 36.9 Å². The summed E-state index contributed by atoms with van der Waals surface area (Å²) >= 11 is 0. The van der Waals surface area contributed by atoms with Crippen LogP contribution in [0.4, 0.5) is 22.0 Å². The number of halogens is 5. The predicted molar refractivity (Wildman–Crippen MR) is 104 cm³/mol. The van der Waals surface area contributed by atoms with Crippen molar-refractivity contribution < 1.29 is 26.7 Å². The molecule has 31 heavy (non-hydrogen) atoms. The Morgan fingerprint density at radius 3 is 2.58 bits per heavy atom. The topological polar surface area (TPSA) is 47.9 Å². The van der Waals surface area contributed by atoms with Gasteiger partial charge in [-0.1, -0.05) is 19.1 Å². The number of piperidine rings is 1. The Morgan fingerprint density at radius 1 is 1.23 bits per heavy atom. The van der Waals surface area contributed by atoms with Gasteiger partial charge in [0, 0.05) is 37.8 Å². The summed E-state index contributed by atoms with van der Waals surface area (Å²) in [6, 6.07) is 1.73. The highest BCUT2D eigenvalue weighted by molar-refractivity contribution is 6.40. The summed E-state index contributed by atoms with van der Waals surface area (Å²) < 4.78 is 67.5. The zero-order chi connectivity index (χ0) is 22.3. The van der Waals surface area contributed by atoms with Gasteiger partial charge in [-0.25, -0.2) is 8.78 Å². The fraction of sp³-hybridized carbons (Fsp3) is 0.524. The molecule has 1 saturated heterocycles. The molecule has 0 saturated carbocycles. The molecular formula is C21H23F5N4O. The zero-order valence-electron chi connectivity index (χ0n) is 17.0. The lowest BCUT2D eigenvalue weighted by Gasteiger charge is -2.37. The summed E-state index contributed by atoms with van der Waals surface area (Å²) in [6.45, 7) is 4.77. The third kappa shape index (κ3) is 4.17. The van der Waals surface area contributed by atoms with E-state index in [-0.39, 0.29) is 43.3 Å². The Balaban J connectivity index is 1.47. The Labute approximate surface area is 176 Å². The Hall–Kier alpha value is -2.49. The van der Waals surface area contributed by atoms with E-state index in [4.69, 9.17) is 0 Å². The van der Waals surface area contributed by atoms with Crippen LogP contribution in [0.15, 0.2) is 29.0 Å². The van der Waals surface area contributed by atoms with E-state index in [1.807, 2.05) is 13.0 Å². The van der Waals surface area contributed by atoms with Crippen LogP contribution >= 0.6 is 0 Å². The van der Waals surface area contributed by atoms with Crippen molar-refractivity contribution in [3.63, 3.8) is 0 Å². The molecule has 1 fully saturated rings. The SMILES string of the molecule is CCN1CC2=CC(C1)C(C(=O)N1CCC(c3ccc(F)c(F)c3C(F)(F)F)CC1)=NN2. The summed E-state index contributed by atoms with van der Waals surface area (Å²) in [6.07, 6.45) is -2.54. The van der Waals surface area contributed by atoms with Crippen LogP contribution in [0.3, 0.4) is 0 Å². The highest BCUT2D eigenvalue weighted by Crippen LogP contribution is 2.41. The molecule has 168 valence electrons. The van der Waals surface area contributed by atoms with Crippen molar-refractivity contribution in [3.8, 4) is 0 Å². The molecule has 3 aliphatic rings. The van der Waals surface area contributed by atoms with Crippen molar-refractivity contribution in [2.24, 2.45) is 11.0 Å². The molecule has 2 bridgehead atoms. The molecule has 4 rings (SSSR count). The minimum Gasteiger partial charge on any atom is -0.337 e. The van der Waals surface area contributed by atoms with Crippen LogP contribution in [0, 0.1) is 17.6 Å². The van der Waals surface area contributed by atoms with Gasteiger partial charge in [0.05, 0.1) is 5.56 Å². The molecule has 1 amide bonds. The van der Waals surface area contributed by atoms with E-state index >= 15 is 0 Å². The van der Waals surface area contributed by atoms with Gasteiger partial charge >= 0.3 is 6.18 Å². The maximum atomic E-state index is 13.9. The van der Waals surface area contributed by atoms with E-state index in [9.17, 15) is 26.7 Å². The number of carbonyl (C=O) groups excluding carboxylic acids is 1. The molecule has 0 spiro atoms. The molecule has 1 unspecified atom stereocenters. The van der Waals surface area contributed by atoms with Crippen LogP contribution in [0.1, 0.15) is 36.8 Å². The second-order valence-corrected chi connectivity index (χ2v) is 8.12. The first-order chi connectivity index (χ1) is 14.7. The minimum absolute atomic E-state index is 0.127. The third-order valence-corrected chi connectivity index (χ3v) is 6.22. The van der Waals surface area contributed by atoms with Gasteiger partial charge < -0.3 is 4.90 Å². The normalized spacial score (nSPS) is 22.6. The Bertz CT molecular complexity index is 934. The number of alkyl halides is 3. The molecule has 0 aliphatic carbocycles. The van der Waals surface area contributed by atoms with Gasteiger partial charge in [0.1, 0.15) is 5.71 Å². The van der Waals surface area contributed by atoms with Crippen LogP contribution in [-0.2, 0) is 11.0 Å². The van der Waals surface area contributed by atoms with Crippen molar-refractivity contribution in [2.45, 2.75) is 31.9 Å². The number of likely N-dealkylation sites (tertiary alicyclic amines) is 1. The third-order valence-electron chi connectivity index (χ3n) is 6.22. The van der Waals surface area contributed by atoms with Gasteiger partial charge in [-0.15, -0.1) is 0 Å². The maximum absolute atomic E-state index is 13.9. The largest absolute Gasteiger partial charge is 0.419 e. The molecule has 1 aromatic carbocycles. The number of amides is 1. The van der Waals surface area contributed by atoms with Crippen LogP contribution in [0.25, 0.3) is 0 Å². The molecule has 1 N–H and O–H groups in total. The average Bonchev–Trinajstić information content (AvgIpc) is 2.74. The molecule has 0 aromatic heterocycles. The molecule has 1 atom stereocenters. The molecule has 1 aromatic rings. The number of hydrazone groups is 1. The predicted octanol–water partition coefficient (Wildman–Crippen LogP) is 3.48. The van der Waals surface area contributed by atoms with Gasteiger partial charge in [-0.3, -0.25) is 15.1 Å². The number of hydrogen-bond acceptors (Lipinski definition) is 4. The van der Waals surface area contributed by atoms with Crippen molar-refractivity contribution in [1.82, 2.24) is 15.2 Å². The standard InChI is InChI=1S/C21H23F5N4O/c1-2-29-10-13-9-14(11-29)27-28-19(13)20(31)30-7-5-12(6-8-30)15-3-4-16(22)18(23)17(15)21(24,25)26/h3-4,9,12-13,27H,2,5-8,10-11H2,1H3. The second kappa shape index (κ2) is 8.22. The lowest BCUT2D eigenvalue weighted by molar-refractivity contribution is -0.141. The van der Waals surface area contributed by atoms with Crippen molar-refractivity contribution >= 4 is 11.6 Å². The summed E-state index contributed by atoms with van der Waals surface area (Å²) in [5.41, 5.74) is 2.46. The second-order valence-electron chi connectivity index (χ2n) is 8.12. The van der Waals surface area contributed by atoms with Crippen molar-refractivity contribution in [1.29, 1.82) is 0 Å². The first-order valence-corrected chi connectivity index (χ1v) is 10.3. The Kier molecular flexibility index (Phi) is 5.76. The summed E-state index contributed by atoms with van der Waals surface area (Å²) in [4.78, 5) is 16.8. The van der Waals surface area contributed by atoms with E-state index in [2.05, 4.69) is 15.4 Å². The molecule has 5 nitrogen and oxygen atoms in total. The first-order valence-electron chi connectivity index (χ1n) is 10.3. The number of likely N-dealkylation sites (N-methyl/N-ethyl adjacent to an activating group) is 1. The maximum Gasteiger partial charge on any atom is 0.419 e. The summed E-state index contributed by atoms with van der Waals surface area (Å²) in [5, 5.41) is 4.24. The van der Waals surface area contributed by atoms with Gasteiger partial charge in [0.15, 0.2) is 11.6 Å². The number of nitrogens with one attached hydrogen (secondary N) is 1. The lowest BCUT2D eigenvalue weighted by Crippen LogP contribution is -2.50. The number of hydrogen-bond donors (Lipinski definition) is 1. The number of rotatable bonds is 3. The molecule has 10 heteroatoms. The van der Waals surface area contributed by atoms with Crippen molar-refractivity contribution in [2.75, 3.05) is 32.7 Å².